The molecule has 1 fully saturated rings. The summed E-state index contributed by atoms with van der Waals surface area (Å²) in [5.41, 5.74) is 0. The van der Waals surface area contributed by atoms with Gasteiger partial charge >= 0.3 is 0 Å². The van der Waals surface area contributed by atoms with E-state index in [1.54, 1.807) is 9.58 Å². The third-order valence-electron chi connectivity index (χ3n) is 3.45. The molecule has 7 heteroatoms. The molecular weight excluding hydrogens is 270 g/mol. The van der Waals surface area contributed by atoms with Crippen molar-refractivity contribution in [3.8, 4) is 0 Å². The molecule has 2 amide bonds. The molecule has 0 saturated carbocycles. The van der Waals surface area contributed by atoms with Crippen molar-refractivity contribution < 1.29 is 9.59 Å². The number of aromatic nitrogens is 3. The summed E-state index contributed by atoms with van der Waals surface area (Å²) in [7, 11) is 0. The van der Waals surface area contributed by atoms with Crippen molar-refractivity contribution in [2.45, 2.75) is 52.7 Å². The molecule has 2 heterocycles. The van der Waals surface area contributed by atoms with Crippen LogP contribution in [0.5, 0.6) is 0 Å². The van der Waals surface area contributed by atoms with E-state index >= 15 is 0 Å². The first-order valence-electron chi connectivity index (χ1n) is 7.46. The fourth-order valence-corrected chi connectivity index (χ4v) is 2.52. The highest BCUT2D eigenvalue weighted by Gasteiger charge is 2.33. The summed E-state index contributed by atoms with van der Waals surface area (Å²) in [5.74, 6) is 0.933. The lowest BCUT2D eigenvalue weighted by atomic mass is 10.0. The number of carbonyl (C=O) groups excluding carboxylic acids is 2. The quantitative estimate of drug-likeness (QED) is 0.831. The number of carbonyl (C=O) groups is 2. The highest BCUT2D eigenvalue weighted by molar-refractivity contribution is 5.94. The molecule has 1 aromatic heterocycles. The van der Waals surface area contributed by atoms with E-state index in [0.717, 1.165) is 18.8 Å². The number of aryl methyl sites for hydroxylation is 1. The van der Waals surface area contributed by atoms with Gasteiger partial charge in [0.15, 0.2) is 0 Å². The molecule has 0 aromatic carbocycles. The highest BCUT2D eigenvalue weighted by atomic mass is 16.2. The molecule has 0 bridgehead atoms. The lowest BCUT2D eigenvalue weighted by molar-refractivity contribution is -0.145. The zero-order chi connectivity index (χ0) is 15.4. The minimum absolute atomic E-state index is 0.0330. The van der Waals surface area contributed by atoms with E-state index in [-0.39, 0.29) is 18.4 Å². The SMILES string of the molecule is CCCn1ncnc1CN1CC(=O)NC(CC(C)C)C1=O. The van der Waals surface area contributed by atoms with E-state index in [0.29, 0.717) is 18.9 Å². The number of hydrogen-bond donors (Lipinski definition) is 1. The Bertz CT molecular complexity index is 511. The molecule has 1 atom stereocenters. The Balaban J connectivity index is 2.09. The van der Waals surface area contributed by atoms with Crippen molar-refractivity contribution in [1.82, 2.24) is 25.0 Å². The van der Waals surface area contributed by atoms with E-state index < -0.39 is 6.04 Å². The number of piperazine rings is 1. The van der Waals surface area contributed by atoms with E-state index in [2.05, 4.69) is 22.3 Å². The minimum Gasteiger partial charge on any atom is -0.343 e. The molecule has 0 aliphatic carbocycles. The second-order valence-corrected chi connectivity index (χ2v) is 5.84. The molecule has 2 rings (SSSR count). The van der Waals surface area contributed by atoms with Crippen LogP contribution in [0, 0.1) is 5.92 Å². The normalized spacial score (nSPS) is 19.2. The van der Waals surface area contributed by atoms with E-state index in [9.17, 15) is 9.59 Å². The van der Waals surface area contributed by atoms with Gasteiger partial charge < -0.3 is 10.2 Å². The molecule has 1 saturated heterocycles. The van der Waals surface area contributed by atoms with Crippen LogP contribution in [-0.2, 0) is 22.7 Å². The first-order valence-corrected chi connectivity index (χ1v) is 7.46. The van der Waals surface area contributed by atoms with Crippen LogP contribution in [-0.4, -0.2) is 44.1 Å². The second kappa shape index (κ2) is 6.69. The van der Waals surface area contributed by atoms with Gasteiger partial charge in [0.1, 0.15) is 24.7 Å². The first kappa shape index (κ1) is 15.5. The molecule has 116 valence electrons. The standard InChI is InChI=1S/C14H23N5O2/c1-4-5-19-12(15-9-16-19)7-18-8-13(20)17-11(14(18)21)6-10(2)3/h9-11H,4-8H2,1-3H3,(H,17,20). The van der Waals surface area contributed by atoms with Crippen LogP contribution < -0.4 is 5.32 Å². The Morgan fingerprint density at radius 2 is 2.19 bits per heavy atom. The van der Waals surface area contributed by atoms with Gasteiger partial charge in [0, 0.05) is 6.54 Å². The maximum Gasteiger partial charge on any atom is 0.246 e. The number of nitrogens with one attached hydrogen (secondary N) is 1. The topological polar surface area (TPSA) is 80.1 Å². The van der Waals surface area contributed by atoms with Gasteiger partial charge in [-0.05, 0) is 18.8 Å². The third kappa shape index (κ3) is 3.80. The van der Waals surface area contributed by atoms with Crippen molar-refractivity contribution in [2.75, 3.05) is 6.54 Å². The monoisotopic (exact) mass is 293 g/mol. The largest absolute Gasteiger partial charge is 0.343 e. The summed E-state index contributed by atoms with van der Waals surface area (Å²) in [6.07, 6.45) is 3.09. The van der Waals surface area contributed by atoms with E-state index in [1.165, 1.54) is 6.33 Å². The summed E-state index contributed by atoms with van der Waals surface area (Å²) < 4.78 is 1.79. The van der Waals surface area contributed by atoms with E-state index in [4.69, 9.17) is 0 Å². The van der Waals surface area contributed by atoms with Gasteiger partial charge in [-0.25, -0.2) is 9.67 Å². The number of nitrogens with zero attached hydrogens (tertiary/aromatic N) is 4. The summed E-state index contributed by atoms with van der Waals surface area (Å²) in [5, 5.41) is 6.92. The van der Waals surface area contributed by atoms with E-state index in [1.807, 2.05) is 13.8 Å². The van der Waals surface area contributed by atoms with Crippen LogP contribution >= 0.6 is 0 Å². The Labute approximate surface area is 124 Å². The minimum atomic E-state index is -0.422. The lowest BCUT2D eigenvalue weighted by Crippen LogP contribution is -2.58. The highest BCUT2D eigenvalue weighted by Crippen LogP contribution is 2.13. The summed E-state index contributed by atoms with van der Waals surface area (Å²) in [4.78, 5) is 30.0. The first-order chi connectivity index (χ1) is 10.0. The van der Waals surface area contributed by atoms with Gasteiger partial charge in [-0.2, -0.15) is 5.10 Å². The zero-order valence-electron chi connectivity index (χ0n) is 12.9. The van der Waals surface area contributed by atoms with Gasteiger partial charge in [-0.15, -0.1) is 0 Å². The molecule has 0 radical (unpaired) electrons. The van der Waals surface area contributed by atoms with Crippen molar-refractivity contribution in [2.24, 2.45) is 5.92 Å². The fourth-order valence-electron chi connectivity index (χ4n) is 2.52. The Morgan fingerprint density at radius 3 is 2.86 bits per heavy atom. The average molecular weight is 293 g/mol. The molecule has 21 heavy (non-hydrogen) atoms. The number of hydrogen-bond acceptors (Lipinski definition) is 4. The van der Waals surface area contributed by atoms with Crippen LogP contribution in [0.1, 0.15) is 39.4 Å². The molecule has 1 aliphatic rings. The predicted molar refractivity (Wildman–Crippen MR) is 77.1 cm³/mol. The Hall–Kier alpha value is -1.92. The fraction of sp³-hybridized carbons (Fsp3) is 0.714. The van der Waals surface area contributed by atoms with Gasteiger partial charge in [-0.3, -0.25) is 9.59 Å². The molecule has 1 N–H and O–H groups in total. The zero-order valence-corrected chi connectivity index (χ0v) is 12.9. The van der Waals surface area contributed by atoms with Gasteiger partial charge in [0.05, 0.1) is 6.54 Å². The van der Waals surface area contributed by atoms with Gasteiger partial charge in [-0.1, -0.05) is 20.8 Å². The smallest absolute Gasteiger partial charge is 0.246 e. The van der Waals surface area contributed by atoms with Gasteiger partial charge in [0.2, 0.25) is 11.8 Å². The molecule has 1 unspecified atom stereocenters. The van der Waals surface area contributed by atoms with Gasteiger partial charge in [0.25, 0.3) is 0 Å². The van der Waals surface area contributed by atoms with Crippen molar-refractivity contribution >= 4 is 11.8 Å². The van der Waals surface area contributed by atoms with Crippen molar-refractivity contribution in [3.05, 3.63) is 12.2 Å². The average Bonchev–Trinajstić information content (AvgIpc) is 2.82. The maximum atomic E-state index is 12.5. The van der Waals surface area contributed by atoms with Crippen LogP contribution in [0.2, 0.25) is 0 Å². The predicted octanol–water partition coefficient (Wildman–Crippen LogP) is 0.561. The summed E-state index contributed by atoms with van der Waals surface area (Å²) >= 11 is 0. The maximum absolute atomic E-state index is 12.5. The third-order valence-corrected chi connectivity index (χ3v) is 3.45. The lowest BCUT2D eigenvalue weighted by Gasteiger charge is -2.33. The Kier molecular flexibility index (Phi) is 4.93. The number of amides is 2. The Morgan fingerprint density at radius 1 is 1.43 bits per heavy atom. The van der Waals surface area contributed by atoms with Crippen LogP contribution in [0.15, 0.2) is 6.33 Å². The van der Waals surface area contributed by atoms with Crippen LogP contribution in [0.4, 0.5) is 0 Å². The molecule has 1 aromatic rings. The summed E-state index contributed by atoms with van der Waals surface area (Å²) in [6.45, 7) is 7.32. The molecule has 1 aliphatic heterocycles. The van der Waals surface area contributed by atoms with Crippen molar-refractivity contribution in [3.63, 3.8) is 0 Å². The molecular formula is C14H23N5O2. The van der Waals surface area contributed by atoms with Crippen LogP contribution in [0.25, 0.3) is 0 Å². The van der Waals surface area contributed by atoms with Crippen molar-refractivity contribution in [1.29, 1.82) is 0 Å². The molecule has 0 spiro atoms. The van der Waals surface area contributed by atoms with Crippen LogP contribution in [0.3, 0.4) is 0 Å². The molecule has 7 nitrogen and oxygen atoms in total. The number of rotatable bonds is 6. The summed E-state index contributed by atoms with van der Waals surface area (Å²) in [6, 6.07) is -0.422. The second-order valence-electron chi connectivity index (χ2n) is 5.84.